The van der Waals surface area contributed by atoms with Gasteiger partial charge in [-0.05, 0) is 37.1 Å². The lowest BCUT2D eigenvalue weighted by Gasteiger charge is -2.10. The summed E-state index contributed by atoms with van der Waals surface area (Å²) in [5.74, 6) is -0.0957. The minimum atomic E-state index is -3.37. The van der Waals surface area contributed by atoms with Gasteiger partial charge in [-0.15, -0.1) is 0 Å². The van der Waals surface area contributed by atoms with Gasteiger partial charge in [0.25, 0.3) is 5.69 Å². The number of hydrogen-bond acceptors (Lipinski definition) is 5. The summed E-state index contributed by atoms with van der Waals surface area (Å²) in [5.41, 5.74) is 1.80. The molecule has 7 nitrogen and oxygen atoms in total. The van der Waals surface area contributed by atoms with E-state index in [0.29, 0.717) is 22.8 Å². The number of halogens is 1. The quantitative estimate of drug-likeness (QED) is 0.522. The Morgan fingerprint density at radius 1 is 1.12 bits per heavy atom. The van der Waals surface area contributed by atoms with Gasteiger partial charge in [-0.3, -0.25) is 10.1 Å². The van der Waals surface area contributed by atoms with Crippen LogP contribution >= 0.6 is 11.6 Å². The third-order valence-corrected chi connectivity index (χ3v) is 5.21. The van der Waals surface area contributed by atoms with Crippen LogP contribution in [0.5, 0.6) is 0 Å². The molecule has 0 amide bonds. The van der Waals surface area contributed by atoms with Gasteiger partial charge in [0.15, 0.2) is 0 Å². The Hall–Kier alpha value is -2.16. The zero-order valence-corrected chi connectivity index (χ0v) is 16.0. The molecule has 2 rings (SSSR count). The van der Waals surface area contributed by atoms with Gasteiger partial charge >= 0.3 is 0 Å². The average molecular weight is 398 g/mol. The molecule has 0 spiro atoms. The highest BCUT2D eigenvalue weighted by molar-refractivity contribution is 7.88. The van der Waals surface area contributed by atoms with Crippen LogP contribution in [0.2, 0.25) is 5.02 Å². The highest BCUT2D eigenvalue weighted by atomic mass is 35.5. The van der Waals surface area contributed by atoms with Gasteiger partial charge < -0.3 is 5.32 Å². The molecule has 0 aliphatic heterocycles. The molecule has 2 aromatic carbocycles. The minimum absolute atomic E-state index is 0.0957. The third-order valence-electron chi connectivity index (χ3n) is 3.43. The summed E-state index contributed by atoms with van der Waals surface area (Å²) in [7, 11) is -3.37. The van der Waals surface area contributed by atoms with Crippen molar-refractivity contribution in [3.05, 3.63) is 68.7 Å². The Morgan fingerprint density at radius 3 is 2.31 bits per heavy atom. The highest BCUT2D eigenvalue weighted by Gasteiger charge is 2.15. The van der Waals surface area contributed by atoms with E-state index in [1.54, 1.807) is 50.2 Å². The first kappa shape index (κ1) is 20.2. The van der Waals surface area contributed by atoms with E-state index in [1.165, 1.54) is 6.07 Å². The van der Waals surface area contributed by atoms with Crippen molar-refractivity contribution in [1.29, 1.82) is 0 Å². The van der Waals surface area contributed by atoms with Crippen molar-refractivity contribution in [3.8, 4) is 0 Å². The molecule has 0 saturated carbocycles. The van der Waals surface area contributed by atoms with Crippen LogP contribution in [0.1, 0.15) is 25.0 Å². The lowest BCUT2D eigenvalue weighted by atomic mass is 10.1. The zero-order valence-electron chi connectivity index (χ0n) is 14.4. The average Bonchev–Trinajstić information content (AvgIpc) is 2.53. The van der Waals surface area contributed by atoms with Crippen molar-refractivity contribution in [2.45, 2.75) is 32.2 Å². The monoisotopic (exact) mass is 397 g/mol. The largest absolute Gasteiger partial charge is 0.375 e. The number of nitro groups is 1. The van der Waals surface area contributed by atoms with Gasteiger partial charge in [0.05, 0.1) is 10.7 Å². The van der Waals surface area contributed by atoms with Crippen molar-refractivity contribution >= 4 is 33.0 Å². The Kier molecular flexibility index (Phi) is 6.57. The van der Waals surface area contributed by atoms with E-state index in [9.17, 15) is 18.5 Å². The number of sulfonamides is 1. The number of rotatable bonds is 8. The van der Waals surface area contributed by atoms with Gasteiger partial charge in [0.1, 0.15) is 5.69 Å². The standard InChI is InChI=1S/C17H20ClN3O4S/c1-12(2)20-26(24,25)11-14-5-3-13(4-6-14)10-19-16-8-7-15(18)9-17(16)21(22)23/h3-9,12,19-20H,10-11H2,1-2H3. The molecule has 2 N–H and O–H groups in total. The van der Waals surface area contributed by atoms with Crippen LogP contribution in [0, 0.1) is 10.1 Å². The minimum Gasteiger partial charge on any atom is -0.375 e. The van der Waals surface area contributed by atoms with Crippen molar-refractivity contribution in [2.75, 3.05) is 5.32 Å². The summed E-state index contributed by atoms with van der Waals surface area (Å²) in [4.78, 5) is 10.6. The molecule has 0 bridgehead atoms. The predicted molar refractivity (Wildman–Crippen MR) is 103 cm³/mol. The SMILES string of the molecule is CC(C)NS(=O)(=O)Cc1ccc(CNc2ccc(Cl)cc2[N+](=O)[O-])cc1. The summed E-state index contributed by atoms with van der Waals surface area (Å²) >= 11 is 5.79. The fourth-order valence-electron chi connectivity index (χ4n) is 2.38. The number of benzene rings is 2. The first-order valence-electron chi connectivity index (χ1n) is 7.92. The van der Waals surface area contributed by atoms with Gasteiger partial charge in [-0.1, -0.05) is 35.9 Å². The Bertz CT molecular complexity index is 883. The molecule has 0 saturated heterocycles. The lowest BCUT2D eigenvalue weighted by Crippen LogP contribution is -2.31. The molecule has 0 unspecified atom stereocenters. The molecule has 0 atom stereocenters. The van der Waals surface area contributed by atoms with Crippen LogP contribution in [-0.2, 0) is 22.3 Å². The fourth-order valence-corrected chi connectivity index (χ4v) is 3.98. The zero-order chi connectivity index (χ0) is 19.3. The van der Waals surface area contributed by atoms with Gasteiger partial charge in [-0.25, -0.2) is 13.1 Å². The summed E-state index contributed by atoms with van der Waals surface area (Å²) < 4.78 is 26.4. The second kappa shape index (κ2) is 8.48. The molecule has 0 aliphatic rings. The smallest absolute Gasteiger partial charge is 0.293 e. The van der Waals surface area contributed by atoms with Crippen LogP contribution in [0.15, 0.2) is 42.5 Å². The fraction of sp³-hybridized carbons (Fsp3) is 0.294. The molecule has 0 aliphatic carbocycles. The summed E-state index contributed by atoms with van der Waals surface area (Å²) in [6.45, 7) is 3.89. The highest BCUT2D eigenvalue weighted by Crippen LogP contribution is 2.28. The van der Waals surface area contributed by atoms with Gasteiger partial charge in [0, 0.05) is 23.7 Å². The van der Waals surface area contributed by atoms with E-state index in [4.69, 9.17) is 11.6 Å². The first-order chi connectivity index (χ1) is 12.2. The number of anilines is 1. The van der Waals surface area contributed by atoms with Crippen LogP contribution in [0.4, 0.5) is 11.4 Å². The maximum atomic E-state index is 11.9. The van der Waals surface area contributed by atoms with Crippen LogP contribution in [0.25, 0.3) is 0 Å². The molecule has 0 radical (unpaired) electrons. The molecule has 0 aromatic heterocycles. The molecule has 0 fully saturated rings. The number of hydrogen-bond donors (Lipinski definition) is 2. The van der Waals surface area contributed by atoms with Crippen molar-refractivity contribution in [2.24, 2.45) is 0 Å². The van der Waals surface area contributed by atoms with Gasteiger partial charge in [-0.2, -0.15) is 0 Å². The van der Waals surface area contributed by atoms with E-state index < -0.39 is 14.9 Å². The molecule has 9 heteroatoms. The van der Waals surface area contributed by atoms with Crippen LogP contribution in [0.3, 0.4) is 0 Å². The Balaban J connectivity index is 2.03. The first-order valence-corrected chi connectivity index (χ1v) is 9.95. The van der Waals surface area contributed by atoms with E-state index >= 15 is 0 Å². The molecular weight excluding hydrogens is 378 g/mol. The number of nitro benzene ring substituents is 1. The second-order valence-electron chi connectivity index (χ2n) is 6.12. The molecular formula is C17H20ClN3O4S. The molecule has 2 aromatic rings. The molecule has 26 heavy (non-hydrogen) atoms. The van der Waals surface area contributed by atoms with E-state index in [-0.39, 0.29) is 17.5 Å². The maximum absolute atomic E-state index is 11.9. The lowest BCUT2D eigenvalue weighted by molar-refractivity contribution is -0.383. The predicted octanol–water partition coefficient (Wildman–Crippen LogP) is 3.69. The molecule has 140 valence electrons. The van der Waals surface area contributed by atoms with Gasteiger partial charge in [0.2, 0.25) is 10.0 Å². The van der Waals surface area contributed by atoms with Crippen molar-refractivity contribution in [3.63, 3.8) is 0 Å². The van der Waals surface area contributed by atoms with E-state index in [0.717, 1.165) is 5.56 Å². The maximum Gasteiger partial charge on any atom is 0.293 e. The third kappa shape index (κ3) is 5.98. The summed E-state index contributed by atoms with van der Waals surface area (Å²) in [6, 6.07) is 11.3. The van der Waals surface area contributed by atoms with Crippen LogP contribution in [-0.4, -0.2) is 19.4 Å². The normalized spacial score (nSPS) is 11.5. The van der Waals surface area contributed by atoms with Crippen molar-refractivity contribution in [1.82, 2.24) is 4.72 Å². The second-order valence-corrected chi connectivity index (χ2v) is 8.31. The van der Waals surface area contributed by atoms with E-state index in [2.05, 4.69) is 10.0 Å². The topological polar surface area (TPSA) is 101 Å². The Labute approximate surface area is 157 Å². The Morgan fingerprint density at radius 2 is 1.73 bits per heavy atom. The van der Waals surface area contributed by atoms with Crippen LogP contribution < -0.4 is 10.0 Å². The number of nitrogens with zero attached hydrogens (tertiary/aromatic N) is 1. The summed E-state index contributed by atoms with van der Waals surface area (Å²) in [6.07, 6.45) is 0. The van der Waals surface area contributed by atoms with E-state index in [1.807, 2.05) is 0 Å². The number of nitrogens with one attached hydrogen (secondary N) is 2. The summed E-state index contributed by atoms with van der Waals surface area (Å²) in [5, 5.41) is 14.4. The van der Waals surface area contributed by atoms with Crippen molar-refractivity contribution < 1.29 is 13.3 Å². The molecule has 0 heterocycles.